The van der Waals surface area contributed by atoms with Gasteiger partial charge in [0.05, 0.1) is 0 Å². The number of hydrogen-bond acceptors (Lipinski definition) is 4. The van der Waals surface area contributed by atoms with Gasteiger partial charge in [0, 0.05) is 18.0 Å². The molecule has 1 unspecified atom stereocenters. The van der Waals surface area contributed by atoms with Crippen LogP contribution in [0.2, 0.25) is 0 Å². The Balaban J connectivity index is 3.76. The molecule has 0 heterocycles. The lowest BCUT2D eigenvalue weighted by molar-refractivity contribution is -0.139. The number of esters is 1. The summed E-state index contributed by atoms with van der Waals surface area (Å²) < 4.78 is 5.03. The molecule has 0 aromatic heterocycles. The van der Waals surface area contributed by atoms with E-state index < -0.39 is 0 Å². The standard InChI is InChI=1S/C16H27NO3/c1-5-6-7-8-15(13-18)9-10-17(4)11-12-20-16(19)14(2)3/h5,13,15H,1-2,6-12H2,3-4H3. The minimum Gasteiger partial charge on any atom is -0.461 e. The van der Waals surface area contributed by atoms with Crippen molar-refractivity contribution in [1.29, 1.82) is 0 Å². The third kappa shape index (κ3) is 9.50. The van der Waals surface area contributed by atoms with Gasteiger partial charge in [-0.3, -0.25) is 0 Å². The van der Waals surface area contributed by atoms with Gasteiger partial charge in [0.2, 0.25) is 0 Å². The summed E-state index contributed by atoms with van der Waals surface area (Å²) in [5.41, 5.74) is 0.413. The number of carbonyl (C=O) groups excluding carboxylic acids is 2. The molecule has 20 heavy (non-hydrogen) atoms. The lowest BCUT2D eigenvalue weighted by Gasteiger charge is -2.18. The molecule has 0 amide bonds. The molecule has 0 spiro atoms. The van der Waals surface area contributed by atoms with Crippen molar-refractivity contribution in [3.05, 3.63) is 24.8 Å². The van der Waals surface area contributed by atoms with E-state index in [1.165, 1.54) is 0 Å². The zero-order chi connectivity index (χ0) is 15.4. The first kappa shape index (κ1) is 18.6. The molecule has 0 saturated carbocycles. The summed E-state index contributed by atoms with van der Waals surface area (Å²) in [5, 5.41) is 0. The number of nitrogens with zero attached hydrogens (tertiary/aromatic N) is 1. The Hall–Kier alpha value is -1.42. The van der Waals surface area contributed by atoms with Crippen LogP contribution in [0.1, 0.15) is 32.6 Å². The predicted molar refractivity (Wildman–Crippen MR) is 81.5 cm³/mol. The van der Waals surface area contributed by atoms with Crippen molar-refractivity contribution in [2.45, 2.75) is 32.6 Å². The van der Waals surface area contributed by atoms with Crippen LogP contribution in [0.5, 0.6) is 0 Å². The molecule has 0 aliphatic carbocycles. The number of rotatable bonds is 12. The van der Waals surface area contributed by atoms with Gasteiger partial charge in [-0.25, -0.2) is 4.79 Å². The van der Waals surface area contributed by atoms with E-state index >= 15 is 0 Å². The number of hydrogen-bond donors (Lipinski definition) is 0. The first-order valence-corrected chi connectivity index (χ1v) is 7.08. The fraction of sp³-hybridized carbons (Fsp3) is 0.625. The smallest absolute Gasteiger partial charge is 0.333 e. The van der Waals surface area contributed by atoms with Crippen molar-refractivity contribution < 1.29 is 14.3 Å². The van der Waals surface area contributed by atoms with Gasteiger partial charge in [-0.2, -0.15) is 0 Å². The molecule has 0 N–H and O–H groups in total. The average molecular weight is 281 g/mol. The molecule has 0 aromatic carbocycles. The van der Waals surface area contributed by atoms with E-state index in [2.05, 4.69) is 18.1 Å². The number of aldehydes is 1. The molecule has 4 heteroatoms. The first-order valence-electron chi connectivity index (χ1n) is 7.08. The zero-order valence-electron chi connectivity index (χ0n) is 12.8. The van der Waals surface area contributed by atoms with Crippen molar-refractivity contribution in [1.82, 2.24) is 4.90 Å². The molecule has 0 fully saturated rings. The highest BCUT2D eigenvalue weighted by Gasteiger charge is 2.09. The maximum Gasteiger partial charge on any atom is 0.333 e. The predicted octanol–water partition coefficient (Wildman–Crippen LogP) is 2.60. The van der Waals surface area contributed by atoms with E-state index in [1.807, 2.05) is 13.1 Å². The summed E-state index contributed by atoms with van der Waals surface area (Å²) in [6, 6.07) is 0. The van der Waals surface area contributed by atoms with Crippen molar-refractivity contribution in [2.24, 2.45) is 5.92 Å². The van der Waals surface area contributed by atoms with Crippen LogP contribution in [-0.4, -0.2) is 43.9 Å². The third-order valence-electron chi connectivity index (χ3n) is 3.11. The molecule has 0 aromatic rings. The fourth-order valence-corrected chi connectivity index (χ4v) is 1.72. The molecule has 0 aliphatic heterocycles. The number of ether oxygens (including phenoxy) is 1. The lowest BCUT2D eigenvalue weighted by atomic mass is 10.00. The highest BCUT2D eigenvalue weighted by Crippen LogP contribution is 2.11. The van der Waals surface area contributed by atoms with Gasteiger partial charge >= 0.3 is 5.97 Å². The van der Waals surface area contributed by atoms with E-state index in [1.54, 1.807) is 6.92 Å². The molecule has 1 atom stereocenters. The highest BCUT2D eigenvalue weighted by atomic mass is 16.5. The average Bonchev–Trinajstić information content (AvgIpc) is 2.42. The van der Waals surface area contributed by atoms with E-state index in [-0.39, 0.29) is 11.9 Å². The van der Waals surface area contributed by atoms with Crippen LogP contribution in [0.4, 0.5) is 0 Å². The van der Waals surface area contributed by atoms with E-state index in [4.69, 9.17) is 4.74 Å². The molecular weight excluding hydrogens is 254 g/mol. The maximum atomic E-state index is 11.2. The number of unbranched alkanes of at least 4 members (excludes halogenated alkanes) is 1. The monoisotopic (exact) mass is 281 g/mol. The molecule has 0 rings (SSSR count). The second-order valence-corrected chi connectivity index (χ2v) is 5.12. The van der Waals surface area contributed by atoms with Crippen LogP contribution in [0.3, 0.4) is 0 Å². The van der Waals surface area contributed by atoms with E-state index in [9.17, 15) is 9.59 Å². The second-order valence-electron chi connectivity index (χ2n) is 5.12. The summed E-state index contributed by atoms with van der Waals surface area (Å²) >= 11 is 0. The Morgan fingerprint density at radius 3 is 2.60 bits per heavy atom. The van der Waals surface area contributed by atoms with Gasteiger partial charge in [0.1, 0.15) is 12.9 Å². The van der Waals surface area contributed by atoms with E-state index in [0.29, 0.717) is 18.7 Å². The molecule has 0 saturated heterocycles. The fourth-order valence-electron chi connectivity index (χ4n) is 1.72. The SMILES string of the molecule is C=CCCCC(C=O)CCN(C)CCOC(=O)C(=C)C. The highest BCUT2D eigenvalue weighted by molar-refractivity contribution is 5.86. The Kier molecular flexibility index (Phi) is 10.6. The zero-order valence-corrected chi connectivity index (χ0v) is 12.8. The van der Waals surface area contributed by atoms with Gasteiger partial charge in [-0.15, -0.1) is 6.58 Å². The Bertz CT molecular complexity index is 326. The van der Waals surface area contributed by atoms with Gasteiger partial charge in [-0.1, -0.05) is 12.7 Å². The van der Waals surface area contributed by atoms with Gasteiger partial charge < -0.3 is 14.4 Å². The van der Waals surface area contributed by atoms with Crippen LogP contribution in [0.25, 0.3) is 0 Å². The lowest BCUT2D eigenvalue weighted by Crippen LogP contribution is -2.27. The second kappa shape index (κ2) is 11.4. The minimum absolute atomic E-state index is 0.107. The maximum absolute atomic E-state index is 11.2. The largest absolute Gasteiger partial charge is 0.461 e. The molecule has 0 aliphatic rings. The Labute approximate surface area is 122 Å². The van der Waals surface area contributed by atoms with Crippen molar-refractivity contribution in [2.75, 3.05) is 26.7 Å². The van der Waals surface area contributed by atoms with Crippen LogP contribution in [0.15, 0.2) is 24.8 Å². The summed E-state index contributed by atoms with van der Waals surface area (Å²) in [7, 11) is 1.96. The summed E-state index contributed by atoms with van der Waals surface area (Å²) in [5.74, 6) is -0.246. The molecule has 0 radical (unpaired) electrons. The van der Waals surface area contributed by atoms with Crippen molar-refractivity contribution >= 4 is 12.3 Å². The summed E-state index contributed by atoms with van der Waals surface area (Å²) in [4.78, 5) is 24.2. The van der Waals surface area contributed by atoms with Crippen molar-refractivity contribution in [3.63, 3.8) is 0 Å². The topological polar surface area (TPSA) is 46.6 Å². The van der Waals surface area contributed by atoms with Gasteiger partial charge in [0.25, 0.3) is 0 Å². The quantitative estimate of drug-likeness (QED) is 0.181. The minimum atomic E-state index is -0.353. The molecule has 4 nitrogen and oxygen atoms in total. The Morgan fingerprint density at radius 2 is 2.05 bits per heavy atom. The normalized spacial score (nSPS) is 11.9. The molecule has 0 bridgehead atoms. The first-order chi connectivity index (χ1) is 9.51. The summed E-state index contributed by atoms with van der Waals surface area (Å²) in [6.45, 7) is 10.7. The summed E-state index contributed by atoms with van der Waals surface area (Å²) in [6.07, 6.45) is 6.63. The molecule has 114 valence electrons. The number of allylic oxidation sites excluding steroid dienone is 1. The van der Waals surface area contributed by atoms with E-state index in [0.717, 1.165) is 38.5 Å². The van der Waals surface area contributed by atoms with Gasteiger partial charge in [-0.05, 0) is 46.2 Å². The number of carbonyl (C=O) groups is 2. The molecular formula is C16H27NO3. The van der Waals surface area contributed by atoms with Crippen LogP contribution < -0.4 is 0 Å². The number of likely N-dealkylation sites (N-methyl/N-ethyl adjacent to an activating group) is 1. The van der Waals surface area contributed by atoms with Crippen LogP contribution in [0, 0.1) is 5.92 Å². The van der Waals surface area contributed by atoms with Gasteiger partial charge in [0.15, 0.2) is 0 Å². The van der Waals surface area contributed by atoms with Crippen molar-refractivity contribution in [3.8, 4) is 0 Å². The third-order valence-corrected chi connectivity index (χ3v) is 3.11. The van der Waals surface area contributed by atoms with Crippen LogP contribution in [-0.2, 0) is 14.3 Å². The Morgan fingerprint density at radius 1 is 1.35 bits per heavy atom. The van der Waals surface area contributed by atoms with Crippen LogP contribution >= 0.6 is 0 Å².